The Bertz CT molecular complexity index is 679. The Balaban J connectivity index is 1.95. The lowest BCUT2D eigenvalue weighted by atomic mass is 10.1. The Morgan fingerprint density at radius 2 is 1.78 bits per heavy atom. The molecule has 1 amide bonds. The van der Waals surface area contributed by atoms with E-state index in [1.165, 1.54) is 6.42 Å². The second-order valence-electron chi connectivity index (χ2n) is 6.04. The van der Waals surface area contributed by atoms with Crippen molar-refractivity contribution in [3.8, 4) is 11.4 Å². The maximum atomic E-state index is 12.8. The molecular weight excluding hydrogens is 288 g/mol. The van der Waals surface area contributed by atoms with Crippen LogP contribution < -0.4 is 4.90 Å². The minimum atomic E-state index is 0.0352. The van der Waals surface area contributed by atoms with E-state index in [1.807, 2.05) is 54.2 Å². The lowest BCUT2D eigenvalue weighted by Crippen LogP contribution is -2.36. The third kappa shape index (κ3) is 3.33. The van der Waals surface area contributed by atoms with Crippen LogP contribution >= 0.6 is 0 Å². The van der Waals surface area contributed by atoms with Crippen LogP contribution in [0.1, 0.15) is 29.6 Å². The number of hydrogen-bond donors (Lipinski definition) is 0. The van der Waals surface area contributed by atoms with Crippen LogP contribution in [0.25, 0.3) is 11.4 Å². The number of carbonyl (C=O) groups excluding carboxylic acids is 1. The summed E-state index contributed by atoms with van der Waals surface area (Å²) in [4.78, 5) is 25.6. The van der Waals surface area contributed by atoms with Crippen LogP contribution in [0.5, 0.6) is 0 Å². The molecule has 0 radical (unpaired) electrons. The van der Waals surface area contributed by atoms with Crippen LogP contribution in [0.4, 0.5) is 5.82 Å². The van der Waals surface area contributed by atoms with Gasteiger partial charge in [0.15, 0.2) is 5.82 Å². The van der Waals surface area contributed by atoms with Crippen LogP contribution in [-0.2, 0) is 0 Å². The first-order valence-corrected chi connectivity index (χ1v) is 8.06. The Morgan fingerprint density at radius 3 is 2.43 bits per heavy atom. The zero-order valence-corrected chi connectivity index (χ0v) is 13.7. The van der Waals surface area contributed by atoms with E-state index in [2.05, 4.69) is 9.97 Å². The van der Waals surface area contributed by atoms with E-state index >= 15 is 0 Å². The molecule has 0 unspecified atom stereocenters. The lowest BCUT2D eigenvalue weighted by Gasteiger charge is -2.28. The van der Waals surface area contributed by atoms with E-state index < -0.39 is 0 Å². The molecule has 1 fully saturated rings. The fourth-order valence-corrected chi connectivity index (χ4v) is 2.86. The molecule has 0 bridgehead atoms. The fraction of sp³-hybridized carbons (Fsp3) is 0.389. The van der Waals surface area contributed by atoms with Crippen molar-refractivity contribution >= 4 is 11.7 Å². The zero-order valence-electron chi connectivity index (χ0n) is 13.7. The predicted octanol–water partition coefficient (Wildman–Crippen LogP) is 2.84. The molecule has 0 atom stereocenters. The summed E-state index contributed by atoms with van der Waals surface area (Å²) in [5.41, 5.74) is 1.53. The van der Waals surface area contributed by atoms with Gasteiger partial charge in [-0.15, -0.1) is 0 Å². The van der Waals surface area contributed by atoms with Crippen molar-refractivity contribution in [2.45, 2.75) is 19.3 Å². The average Bonchev–Trinajstić information content (AvgIpc) is 2.62. The summed E-state index contributed by atoms with van der Waals surface area (Å²) in [6.07, 6.45) is 5.02. The van der Waals surface area contributed by atoms with Crippen molar-refractivity contribution in [3.05, 3.63) is 42.1 Å². The van der Waals surface area contributed by atoms with Gasteiger partial charge in [-0.2, -0.15) is 0 Å². The molecule has 1 saturated heterocycles. The second-order valence-corrected chi connectivity index (χ2v) is 6.04. The highest BCUT2D eigenvalue weighted by molar-refractivity contribution is 5.98. The van der Waals surface area contributed by atoms with Crippen molar-refractivity contribution in [2.75, 3.05) is 32.1 Å². The van der Waals surface area contributed by atoms with Crippen molar-refractivity contribution in [1.82, 2.24) is 14.9 Å². The number of carbonyl (C=O) groups is 1. The van der Waals surface area contributed by atoms with Gasteiger partial charge in [0.05, 0.1) is 0 Å². The molecule has 0 saturated carbocycles. The van der Waals surface area contributed by atoms with Gasteiger partial charge in [0, 0.05) is 38.9 Å². The van der Waals surface area contributed by atoms with Crippen molar-refractivity contribution < 1.29 is 4.79 Å². The molecule has 3 rings (SSSR count). The molecule has 0 aliphatic carbocycles. The summed E-state index contributed by atoms with van der Waals surface area (Å²) in [6.45, 7) is 1.65. The number of piperidine rings is 1. The molecule has 0 spiro atoms. The number of hydrogen-bond acceptors (Lipinski definition) is 4. The smallest absolute Gasteiger partial charge is 0.259 e. The van der Waals surface area contributed by atoms with Crippen LogP contribution in [0.3, 0.4) is 0 Å². The average molecular weight is 310 g/mol. The molecule has 5 heteroatoms. The van der Waals surface area contributed by atoms with Gasteiger partial charge in [-0.05, 0) is 19.3 Å². The van der Waals surface area contributed by atoms with E-state index in [-0.39, 0.29) is 5.91 Å². The zero-order chi connectivity index (χ0) is 16.2. The molecule has 1 aromatic heterocycles. The molecular formula is C18H22N4O. The monoisotopic (exact) mass is 310 g/mol. The van der Waals surface area contributed by atoms with Gasteiger partial charge in [0.1, 0.15) is 11.4 Å². The number of anilines is 1. The predicted molar refractivity (Wildman–Crippen MR) is 91.5 cm³/mol. The summed E-state index contributed by atoms with van der Waals surface area (Å²) in [5, 5.41) is 0. The normalized spacial score (nSPS) is 14.6. The summed E-state index contributed by atoms with van der Waals surface area (Å²) in [6, 6.07) is 9.83. The highest BCUT2D eigenvalue weighted by Crippen LogP contribution is 2.23. The van der Waals surface area contributed by atoms with E-state index in [0.29, 0.717) is 17.2 Å². The minimum absolute atomic E-state index is 0.0352. The Hall–Kier alpha value is -2.43. The van der Waals surface area contributed by atoms with Gasteiger partial charge in [-0.1, -0.05) is 30.3 Å². The van der Waals surface area contributed by atoms with Crippen LogP contribution in [0, 0.1) is 0 Å². The quantitative estimate of drug-likeness (QED) is 0.874. The lowest BCUT2D eigenvalue weighted by molar-refractivity contribution is 0.0724. The summed E-state index contributed by atoms with van der Waals surface area (Å²) in [5.74, 6) is 1.35. The number of amides is 1. The summed E-state index contributed by atoms with van der Waals surface area (Å²) >= 11 is 0. The van der Waals surface area contributed by atoms with Crippen LogP contribution in [-0.4, -0.2) is 48.0 Å². The highest BCUT2D eigenvalue weighted by Gasteiger charge is 2.23. The molecule has 1 aromatic carbocycles. The molecule has 2 heterocycles. The molecule has 1 aliphatic heterocycles. The SMILES string of the molecule is CN(C)c1nc(-c2ccccc2)ncc1C(=O)N1CCCCC1. The first-order valence-electron chi connectivity index (χ1n) is 8.06. The van der Waals surface area contributed by atoms with Crippen molar-refractivity contribution in [2.24, 2.45) is 0 Å². The van der Waals surface area contributed by atoms with E-state index in [0.717, 1.165) is 31.5 Å². The Kier molecular flexibility index (Phi) is 4.55. The van der Waals surface area contributed by atoms with Crippen molar-refractivity contribution in [3.63, 3.8) is 0 Å². The Labute approximate surface area is 137 Å². The molecule has 1 aliphatic rings. The fourth-order valence-electron chi connectivity index (χ4n) is 2.86. The summed E-state index contributed by atoms with van der Waals surface area (Å²) < 4.78 is 0. The van der Waals surface area contributed by atoms with Crippen LogP contribution in [0.15, 0.2) is 36.5 Å². The van der Waals surface area contributed by atoms with Crippen molar-refractivity contribution in [1.29, 1.82) is 0 Å². The first kappa shape index (κ1) is 15.5. The van der Waals surface area contributed by atoms with Gasteiger partial charge in [0.25, 0.3) is 5.91 Å². The Morgan fingerprint density at radius 1 is 1.09 bits per heavy atom. The molecule has 5 nitrogen and oxygen atoms in total. The van der Waals surface area contributed by atoms with Gasteiger partial charge in [-0.25, -0.2) is 9.97 Å². The third-order valence-electron chi connectivity index (χ3n) is 4.10. The molecule has 0 N–H and O–H groups in total. The molecule has 2 aromatic rings. The van der Waals surface area contributed by atoms with E-state index in [1.54, 1.807) is 6.20 Å². The number of benzene rings is 1. The standard InChI is InChI=1S/C18H22N4O/c1-21(2)17-15(18(23)22-11-7-4-8-12-22)13-19-16(20-17)14-9-5-3-6-10-14/h3,5-6,9-10,13H,4,7-8,11-12H2,1-2H3. The van der Waals surface area contributed by atoms with E-state index in [9.17, 15) is 4.79 Å². The highest BCUT2D eigenvalue weighted by atomic mass is 16.2. The largest absolute Gasteiger partial charge is 0.362 e. The number of likely N-dealkylation sites (tertiary alicyclic amines) is 1. The minimum Gasteiger partial charge on any atom is -0.362 e. The second kappa shape index (κ2) is 6.77. The first-order chi connectivity index (χ1) is 11.2. The molecule has 23 heavy (non-hydrogen) atoms. The number of aromatic nitrogens is 2. The van der Waals surface area contributed by atoms with Gasteiger partial charge < -0.3 is 9.80 Å². The van der Waals surface area contributed by atoms with Gasteiger partial charge >= 0.3 is 0 Å². The van der Waals surface area contributed by atoms with Gasteiger partial charge in [0.2, 0.25) is 0 Å². The number of rotatable bonds is 3. The van der Waals surface area contributed by atoms with Crippen LogP contribution in [0.2, 0.25) is 0 Å². The maximum absolute atomic E-state index is 12.8. The van der Waals surface area contributed by atoms with E-state index in [4.69, 9.17) is 0 Å². The molecule has 120 valence electrons. The maximum Gasteiger partial charge on any atom is 0.259 e. The van der Waals surface area contributed by atoms with Gasteiger partial charge in [-0.3, -0.25) is 4.79 Å². The third-order valence-corrected chi connectivity index (χ3v) is 4.10. The summed E-state index contributed by atoms with van der Waals surface area (Å²) in [7, 11) is 3.81. The number of nitrogens with zero attached hydrogens (tertiary/aromatic N) is 4. The topological polar surface area (TPSA) is 49.3 Å².